The van der Waals surface area contributed by atoms with Crippen molar-refractivity contribution in [2.75, 3.05) is 5.32 Å². The van der Waals surface area contributed by atoms with Gasteiger partial charge >= 0.3 is 5.97 Å². The van der Waals surface area contributed by atoms with Gasteiger partial charge in [0.1, 0.15) is 5.70 Å². The molecule has 0 aliphatic heterocycles. The average molecular weight is 394 g/mol. The first-order valence-electron chi connectivity index (χ1n) is 8.94. The Balaban J connectivity index is 2.12. The summed E-state index contributed by atoms with van der Waals surface area (Å²) in [7, 11) is 0. The summed E-state index contributed by atoms with van der Waals surface area (Å²) in [5.41, 5.74) is 1.27. The lowest BCUT2D eigenvalue weighted by molar-refractivity contribution is -0.149. The Labute approximate surface area is 168 Å². The van der Waals surface area contributed by atoms with Gasteiger partial charge in [-0.2, -0.15) is 0 Å². The van der Waals surface area contributed by atoms with Crippen LogP contribution in [-0.4, -0.2) is 29.7 Å². The summed E-state index contributed by atoms with van der Waals surface area (Å²) in [6.07, 6.45) is 0.301. The standard InChI is InChI=1S/C22H22N2O5/c1-14(25)18-11-7-8-12-19(18)24-21(27)15(2)29-22(28)20(23-16(3)26)13-17-9-5-4-6-10-17/h4-13,15H,1-3H3,(H,23,26)(H,24,27)/b20-13-/t15-/m1/s1. The molecule has 7 heteroatoms. The first-order chi connectivity index (χ1) is 13.8. The summed E-state index contributed by atoms with van der Waals surface area (Å²) in [5, 5.41) is 5.00. The topological polar surface area (TPSA) is 102 Å². The molecular weight excluding hydrogens is 372 g/mol. The zero-order chi connectivity index (χ0) is 21.4. The quantitative estimate of drug-likeness (QED) is 0.427. The van der Waals surface area contributed by atoms with Gasteiger partial charge in [-0.15, -0.1) is 0 Å². The number of hydrogen-bond acceptors (Lipinski definition) is 5. The van der Waals surface area contributed by atoms with Crippen LogP contribution in [0.5, 0.6) is 0 Å². The second kappa shape index (κ2) is 9.98. The maximum Gasteiger partial charge on any atom is 0.355 e. The zero-order valence-corrected chi connectivity index (χ0v) is 16.4. The molecule has 2 amide bonds. The monoisotopic (exact) mass is 394 g/mol. The first kappa shape index (κ1) is 21.6. The van der Waals surface area contributed by atoms with Crippen molar-refractivity contribution < 1.29 is 23.9 Å². The smallest absolute Gasteiger partial charge is 0.355 e. The molecule has 2 rings (SSSR count). The second-order valence-electron chi connectivity index (χ2n) is 6.29. The van der Waals surface area contributed by atoms with E-state index in [2.05, 4.69) is 10.6 Å². The number of ether oxygens (including phenoxy) is 1. The average Bonchev–Trinajstić information content (AvgIpc) is 2.68. The molecule has 0 spiro atoms. The summed E-state index contributed by atoms with van der Waals surface area (Å²) >= 11 is 0. The molecule has 2 aromatic carbocycles. The van der Waals surface area contributed by atoms with Crippen molar-refractivity contribution in [2.45, 2.75) is 26.9 Å². The highest BCUT2D eigenvalue weighted by molar-refractivity contribution is 6.05. The van der Waals surface area contributed by atoms with Crippen LogP contribution in [0.2, 0.25) is 0 Å². The summed E-state index contributed by atoms with van der Waals surface area (Å²) < 4.78 is 5.20. The van der Waals surface area contributed by atoms with E-state index in [1.54, 1.807) is 48.5 Å². The van der Waals surface area contributed by atoms with Gasteiger partial charge in [0.15, 0.2) is 11.9 Å². The molecule has 0 aliphatic carbocycles. The summed E-state index contributed by atoms with van der Waals surface area (Å²) in [6, 6.07) is 15.4. The number of hydrogen-bond donors (Lipinski definition) is 2. The molecule has 0 fully saturated rings. The van der Waals surface area contributed by atoms with E-state index in [1.807, 2.05) is 6.07 Å². The largest absolute Gasteiger partial charge is 0.448 e. The van der Waals surface area contributed by atoms with Crippen molar-refractivity contribution in [3.8, 4) is 0 Å². The van der Waals surface area contributed by atoms with E-state index in [1.165, 1.54) is 26.8 Å². The molecule has 1 atom stereocenters. The second-order valence-corrected chi connectivity index (χ2v) is 6.29. The Morgan fingerprint density at radius 1 is 0.931 bits per heavy atom. The Hall–Kier alpha value is -3.74. The third kappa shape index (κ3) is 6.42. The van der Waals surface area contributed by atoms with E-state index in [0.29, 0.717) is 16.8 Å². The number of rotatable bonds is 7. The van der Waals surface area contributed by atoms with Gasteiger partial charge in [-0.25, -0.2) is 4.79 Å². The minimum atomic E-state index is -1.16. The fraction of sp³-hybridized carbons (Fsp3) is 0.182. The maximum atomic E-state index is 12.5. The van der Waals surface area contributed by atoms with Crippen molar-refractivity contribution >= 4 is 35.3 Å². The number of carbonyl (C=O) groups excluding carboxylic acids is 4. The number of benzene rings is 2. The third-order valence-electron chi connectivity index (χ3n) is 3.86. The van der Waals surface area contributed by atoms with Crippen molar-refractivity contribution in [3.63, 3.8) is 0 Å². The van der Waals surface area contributed by atoms with Crippen molar-refractivity contribution in [1.29, 1.82) is 0 Å². The van der Waals surface area contributed by atoms with Crippen LogP contribution in [0.15, 0.2) is 60.3 Å². The highest BCUT2D eigenvalue weighted by Gasteiger charge is 2.22. The number of anilines is 1. The summed E-state index contributed by atoms with van der Waals surface area (Å²) in [5.74, 6) is -2.11. The molecule has 0 saturated carbocycles. The molecular formula is C22H22N2O5. The van der Waals surface area contributed by atoms with Crippen LogP contribution in [0, 0.1) is 0 Å². The molecule has 7 nitrogen and oxygen atoms in total. The fourth-order valence-corrected chi connectivity index (χ4v) is 2.46. The Bertz CT molecular complexity index is 951. The molecule has 0 unspecified atom stereocenters. The van der Waals surface area contributed by atoms with Crippen molar-refractivity contribution in [1.82, 2.24) is 5.32 Å². The molecule has 0 radical (unpaired) electrons. The Morgan fingerprint density at radius 3 is 2.17 bits per heavy atom. The first-order valence-corrected chi connectivity index (χ1v) is 8.94. The normalized spacial score (nSPS) is 11.9. The molecule has 0 aliphatic rings. The van der Waals surface area contributed by atoms with Crippen LogP contribution >= 0.6 is 0 Å². The maximum absolute atomic E-state index is 12.5. The Morgan fingerprint density at radius 2 is 1.55 bits per heavy atom. The van der Waals surface area contributed by atoms with E-state index in [9.17, 15) is 19.2 Å². The van der Waals surface area contributed by atoms with Gasteiger partial charge in [0.2, 0.25) is 5.91 Å². The van der Waals surface area contributed by atoms with E-state index in [0.717, 1.165) is 0 Å². The molecule has 0 bridgehead atoms. The van der Waals surface area contributed by atoms with Gasteiger partial charge in [0, 0.05) is 12.5 Å². The van der Waals surface area contributed by atoms with Crippen LogP contribution in [0.3, 0.4) is 0 Å². The van der Waals surface area contributed by atoms with E-state index < -0.39 is 23.9 Å². The zero-order valence-electron chi connectivity index (χ0n) is 16.4. The van der Waals surface area contributed by atoms with E-state index in [4.69, 9.17) is 4.74 Å². The summed E-state index contributed by atoms with van der Waals surface area (Å²) in [6.45, 7) is 4.06. The van der Waals surface area contributed by atoms with Gasteiger partial charge in [-0.05, 0) is 37.6 Å². The summed E-state index contributed by atoms with van der Waals surface area (Å²) in [4.78, 5) is 48.0. The number of Topliss-reactive ketones (excluding diaryl/α,β-unsaturated/α-hetero) is 1. The lowest BCUT2D eigenvalue weighted by atomic mass is 10.1. The lowest BCUT2D eigenvalue weighted by Crippen LogP contribution is -2.34. The highest BCUT2D eigenvalue weighted by atomic mass is 16.5. The van der Waals surface area contributed by atoms with E-state index in [-0.39, 0.29) is 11.5 Å². The molecule has 29 heavy (non-hydrogen) atoms. The Kier molecular flexibility index (Phi) is 7.42. The van der Waals surface area contributed by atoms with Crippen LogP contribution in [-0.2, 0) is 19.1 Å². The van der Waals surface area contributed by atoms with Gasteiger partial charge in [0.05, 0.1) is 5.69 Å². The van der Waals surface area contributed by atoms with Crippen LogP contribution in [0.4, 0.5) is 5.69 Å². The number of carbonyl (C=O) groups is 4. The predicted octanol–water partition coefficient (Wildman–Crippen LogP) is 2.94. The van der Waals surface area contributed by atoms with Gasteiger partial charge in [-0.1, -0.05) is 42.5 Å². The molecule has 2 aromatic rings. The van der Waals surface area contributed by atoms with Gasteiger partial charge < -0.3 is 15.4 Å². The molecule has 0 aromatic heterocycles. The number of para-hydroxylation sites is 1. The highest BCUT2D eigenvalue weighted by Crippen LogP contribution is 2.16. The molecule has 150 valence electrons. The van der Waals surface area contributed by atoms with Crippen LogP contribution in [0.25, 0.3) is 6.08 Å². The number of esters is 1. The minimum Gasteiger partial charge on any atom is -0.448 e. The molecule has 2 N–H and O–H groups in total. The van der Waals surface area contributed by atoms with Gasteiger partial charge in [0.25, 0.3) is 5.91 Å². The lowest BCUT2D eigenvalue weighted by Gasteiger charge is -2.16. The number of ketones is 1. The van der Waals surface area contributed by atoms with Crippen molar-refractivity contribution in [2.24, 2.45) is 0 Å². The minimum absolute atomic E-state index is 0.0903. The van der Waals surface area contributed by atoms with Crippen molar-refractivity contribution in [3.05, 3.63) is 71.4 Å². The predicted molar refractivity (Wildman–Crippen MR) is 109 cm³/mol. The van der Waals surface area contributed by atoms with Crippen LogP contribution in [0.1, 0.15) is 36.7 Å². The number of nitrogens with one attached hydrogen (secondary N) is 2. The SMILES string of the molecule is CC(=O)N/C(=C\c1ccccc1)C(=O)O[C@H](C)C(=O)Nc1ccccc1C(C)=O. The van der Waals surface area contributed by atoms with Crippen LogP contribution < -0.4 is 10.6 Å². The molecule has 0 saturated heterocycles. The fourth-order valence-electron chi connectivity index (χ4n) is 2.46. The number of amides is 2. The van der Waals surface area contributed by atoms with E-state index >= 15 is 0 Å². The van der Waals surface area contributed by atoms with Gasteiger partial charge in [-0.3, -0.25) is 14.4 Å². The third-order valence-corrected chi connectivity index (χ3v) is 3.86. The molecule has 0 heterocycles.